The Kier molecular flexibility index (Phi) is 7.28. The number of fused-ring (bicyclic) bond motifs is 1. The minimum atomic E-state index is -6.09. The Morgan fingerprint density at radius 3 is 2.39 bits per heavy atom. The molecule has 1 heterocycles. The van der Waals surface area contributed by atoms with Crippen molar-refractivity contribution in [3.8, 4) is 0 Å². The lowest BCUT2D eigenvalue weighted by Gasteiger charge is -2.23. The van der Waals surface area contributed by atoms with Crippen LogP contribution in [0.3, 0.4) is 0 Å². The van der Waals surface area contributed by atoms with Gasteiger partial charge in [0.15, 0.2) is 20.3 Å². The monoisotopic (exact) mass is 438 g/mol. The zero-order valence-electron chi connectivity index (χ0n) is 15.9. The highest BCUT2D eigenvalue weighted by atomic mass is 32.2. The number of halogens is 3. The Morgan fingerprint density at radius 2 is 1.93 bits per heavy atom. The molecule has 0 amide bonds. The van der Waals surface area contributed by atoms with Crippen molar-refractivity contribution < 1.29 is 30.9 Å². The second-order valence-corrected chi connectivity index (χ2v) is 10.9. The van der Waals surface area contributed by atoms with Gasteiger partial charge < -0.3 is 9.29 Å². The third kappa shape index (κ3) is 4.93. The lowest BCUT2D eigenvalue weighted by Crippen LogP contribution is -2.37. The first kappa shape index (κ1) is 23.3. The Labute approximate surface area is 167 Å². The van der Waals surface area contributed by atoms with Gasteiger partial charge in [0.2, 0.25) is 0 Å². The first-order valence-corrected chi connectivity index (χ1v) is 11.7. The van der Waals surface area contributed by atoms with E-state index in [1.807, 2.05) is 7.11 Å². The molecule has 0 bridgehead atoms. The van der Waals surface area contributed by atoms with Crippen LogP contribution >= 0.6 is 0 Å². The predicted octanol–water partition coefficient (Wildman–Crippen LogP) is 4.31. The molecule has 2 aliphatic rings. The first-order chi connectivity index (χ1) is 12.9. The molecule has 1 aliphatic carbocycles. The fraction of sp³-hybridized carbons (Fsp3) is 0.579. The molecule has 0 radical (unpaired) electrons. The average molecular weight is 439 g/mol. The van der Waals surface area contributed by atoms with E-state index in [1.54, 1.807) is 0 Å². The van der Waals surface area contributed by atoms with Gasteiger partial charge in [-0.3, -0.25) is 0 Å². The number of allylic oxidation sites excluding steroid dienone is 1. The number of hydrogen-bond donors (Lipinski definition) is 0. The second-order valence-electron chi connectivity index (χ2n) is 7.08. The third-order valence-corrected chi connectivity index (χ3v) is 9.04. The number of rotatable bonds is 4. The van der Waals surface area contributed by atoms with E-state index in [4.69, 9.17) is 17.7 Å². The van der Waals surface area contributed by atoms with Crippen LogP contribution in [0, 0.1) is 6.92 Å². The van der Waals surface area contributed by atoms with Gasteiger partial charge in [-0.15, -0.1) is 6.58 Å². The molecule has 0 spiro atoms. The quantitative estimate of drug-likeness (QED) is 0.304. The molecule has 1 aromatic carbocycles. The summed E-state index contributed by atoms with van der Waals surface area (Å²) in [5.74, 6) is 0. The van der Waals surface area contributed by atoms with Gasteiger partial charge in [0, 0.05) is 30.8 Å². The topological polar surface area (TPSA) is 66.4 Å². The van der Waals surface area contributed by atoms with Crippen LogP contribution in [-0.4, -0.2) is 41.7 Å². The zero-order chi connectivity index (χ0) is 21.2. The molecule has 2 fully saturated rings. The van der Waals surface area contributed by atoms with Gasteiger partial charge in [-0.05, 0) is 38.3 Å². The normalized spacial score (nSPS) is 29.7. The van der Waals surface area contributed by atoms with Gasteiger partial charge in [-0.25, -0.2) is 8.42 Å². The molecule has 2 unspecified atom stereocenters. The van der Waals surface area contributed by atoms with Crippen molar-refractivity contribution in [2.24, 2.45) is 0 Å². The van der Waals surface area contributed by atoms with Crippen molar-refractivity contribution in [3.05, 3.63) is 42.5 Å². The Balaban J connectivity index is 0.000000300. The standard InChI is InChI=1S/C18H25OS.CHF3O3S/c1-4-6-16-13-18(19-3)12-5-7-17(18)20(16)15-10-8-14(2)9-11-15;2-1(3,4)8(5,6)7/h4,8-11,16-17H,1,5-7,12-13H2,2-3H3;(H,5,6,7)/q+1;/p-1/t16?,17-,18-,20?;/m0./s1. The molecular weight excluding hydrogens is 413 g/mol. The molecule has 4 nitrogen and oxygen atoms in total. The molecule has 4 atom stereocenters. The first-order valence-electron chi connectivity index (χ1n) is 8.92. The maximum absolute atomic E-state index is 10.7. The minimum Gasteiger partial charge on any atom is -0.741 e. The number of hydrogen-bond acceptors (Lipinski definition) is 4. The van der Waals surface area contributed by atoms with Gasteiger partial charge in [-0.2, -0.15) is 13.2 Å². The highest BCUT2D eigenvalue weighted by Gasteiger charge is 2.63. The van der Waals surface area contributed by atoms with Gasteiger partial charge in [-0.1, -0.05) is 23.8 Å². The van der Waals surface area contributed by atoms with Crippen LogP contribution in [0.2, 0.25) is 0 Å². The zero-order valence-corrected chi connectivity index (χ0v) is 17.5. The van der Waals surface area contributed by atoms with Gasteiger partial charge in [0.05, 0.1) is 0 Å². The molecule has 1 aromatic rings. The van der Waals surface area contributed by atoms with Crippen LogP contribution in [0.4, 0.5) is 13.2 Å². The van der Waals surface area contributed by atoms with Crippen molar-refractivity contribution >= 4 is 21.0 Å². The van der Waals surface area contributed by atoms with E-state index < -0.39 is 15.6 Å². The summed E-state index contributed by atoms with van der Waals surface area (Å²) in [7, 11) is -3.85. The van der Waals surface area contributed by atoms with Gasteiger partial charge in [0.1, 0.15) is 10.9 Å². The second kappa shape index (κ2) is 8.77. The van der Waals surface area contributed by atoms with Crippen LogP contribution in [0.15, 0.2) is 41.8 Å². The molecular formula is C19H25F3O4S2. The number of benzene rings is 1. The highest BCUT2D eigenvalue weighted by molar-refractivity contribution is 7.98. The van der Waals surface area contributed by atoms with Crippen molar-refractivity contribution in [2.75, 3.05) is 7.11 Å². The number of methoxy groups -OCH3 is 1. The lowest BCUT2D eigenvalue weighted by atomic mass is 9.95. The van der Waals surface area contributed by atoms with E-state index in [9.17, 15) is 13.2 Å². The van der Waals surface area contributed by atoms with Crippen LogP contribution in [0.25, 0.3) is 0 Å². The Bertz CT molecular complexity index is 777. The summed E-state index contributed by atoms with van der Waals surface area (Å²) < 4.78 is 65.0. The SMILES string of the molecule is C=CCC1C[C@@]2(OC)CCC[C@@H]2[S+]1c1ccc(C)cc1.O=S(=O)([O-])C(F)(F)F. The van der Waals surface area contributed by atoms with Crippen LogP contribution in [0.1, 0.15) is 37.7 Å². The molecule has 3 rings (SSSR count). The molecule has 1 saturated carbocycles. The van der Waals surface area contributed by atoms with Crippen molar-refractivity contribution in [1.82, 2.24) is 0 Å². The minimum absolute atomic E-state index is 0.154. The fourth-order valence-corrected chi connectivity index (χ4v) is 7.68. The third-order valence-electron chi connectivity index (χ3n) is 5.30. The highest BCUT2D eigenvalue weighted by Crippen LogP contribution is 2.52. The number of aryl methyl sites for hydroxylation is 1. The maximum atomic E-state index is 10.7. The van der Waals surface area contributed by atoms with Gasteiger partial charge >= 0.3 is 5.51 Å². The Morgan fingerprint density at radius 1 is 1.36 bits per heavy atom. The average Bonchev–Trinajstić information content (AvgIpc) is 3.11. The maximum Gasteiger partial charge on any atom is 0.485 e. The summed E-state index contributed by atoms with van der Waals surface area (Å²) in [6.45, 7) is 6.14. The van der Waals surface area contributed by atoms with Crippen LogP contribution in [-0.2, 0) is 25.7 Å². The molecule has 9 heteroatoms. The Hall–Kier alpha value is -1.03. The van der Waals surface area contributed by atoms with Crippen molar-refractivity contribution in [3.63, 3.8) is 0 Å². The molecule has 1 aliphatic heterocycles. The van der Waals surface area contributed by atoms with Crippen molar-refractivity contribution in [2.45, 2.75) is 65.5 Å². The fourth-order valence-electron chi connectivity index (χ4n) is 4.05. The predicted molar refractivity (Wildman–Crippen MR) is 103 cm³/mol. The van der Waals surface area contributed by atoms with E-state index in [2.05, 4.69) is 43.8 Å². The summed E-state index contributed by atoms with van der Waals surface area (Å²) in [4.78, 5) is 1.54. The van der Waals surface area contributed by atoms with E-state index in [-0.39, 0.29) is 5.60 Å². The van der Waals surface area contributed by atoms with E-state index in [1.165, 1.54) is 36.1 Å². The van der Waals surface area contributed by atoms with Crippen LogP contribution in [0.5, 0.6) is 0 Å². The molecule has 28 heavy (non-hydrogen) atoms. The molecule has 0 N–H and O–H groups in total. The smallest absolute Gasteiger partial charge is 0.485 e. The summed E-state index contributed by atoms with van der Waals surface area (Å²) in [5, 5.41) is 1.45. The van der Waals surface area contributed by atoms with E-state index >= 15 is 0 Å². The van der Waals surface area contributed by atoms with Crippen LogP contribution < -0.4 is 0 Å². The summed E-state index contributed by atoms with van der Waals surface area (Å²) in [5.41, 5.74) is -4.14. The lowest BCUT2D eigenvalue weighted by molar-refractivity contribution is -0.0517. The van der Waals surface area contributed by atoms with E-state index in [0.717, 1.165) is 16.9 Å². The summed E-state index contributed by atoms with van der Waals surface area (Å²) in [6.07, 6.45) is 8.35. The number of alkyl halides is 3. The molecule has 1 saturated heterocycles. The molecule has 158 valence electrons. The van der Waals surface area contributed by atoms with Gasteiger partial charge in [0.25, 0.3) is 0 Å². The molecule has 0 aromatic heterocycles. The summed E-state index contributed by atoms with van der Waals surface area (Å²) >= 11 is 0. The number of ether oxygens (including phenoxy) is 1. The van der Waals surface area contributed by atoms with E-state index in [0.29, 0.717) is 10.9 Å². The summed E-state index contributed by atoms with van der Waals surface area (Å²) in [6, 6.07) is 9.21. The largest absolute Gasteiger partial charge is 0.741 e. The van der Waals surface area contributed by atoms with Crippen molar-refractivity contribution in [1.29, 1.82) is 0 Å².